The van der Waals surface area contributed by atoms with Crippen LogP contribution in [0.4, 0.5) is 0 Å². The van der Waals surface area contributed by atoms with Gasteiger partial charge in [0, 0.05) is 5.25 Å². The maximum atomic E-state index is 11.9. The van der Waals surface area contributed by atoms with E-state index >= 15 is 0 Å². The van der Waals surface area contributed by atoms with Gasteiger partial charge in [0.05, 0.1) is 17.0 Å². The van der Waals surface area contributed by atoms with E-state index in [9.17, 15) is 4.21 Å². The zero-order valence-corrected chi connectivity index (χ0v) is 8.94. The summed E-state index contributed by atoms with van der Waals surface area (Å²) in [6.45, 7) is 0. The van der Waals surface area contributed by atoms with Crippen LogP contribution in [0.3, 0.4) is 0 Å². The van der Waals surface area contributed by atoms with Crippen LogP contribution in [0.2, 0.25) is 0 Å². The van der Waals surface area contributed by atoms with E-state index in [0.717, 1.165) is 17.1 Å². The molecule has 1 aliphatic carbocycles. The molecule has 3 nitrogen and oxygen atoms in total. The molecule has 1 heterocycles. The summed E-state index contributed by atoms with van der Waals surface area (Å²) in [4.78, 5) is 0. The molecule has 0 amide bonds. The molecule has 0 aromatic carbocycles. The van der Waals surface area contributed by atoms with Crippen molar-refractivity contribution in [3.8, 4) is 0 Å². The second-order valence-corrected chi connectivity index (χ2v) is 6.04. The highest BCUT2D eigenvalue weighted by Crippen LogP contribution is 2.26. The minimum Gasteiger partial charge on any atom is -0.253 e. The Morgan fingerprint density at radius 2 is 2.15 bits per heavy atom. The smallest absolute Gasteiger partial charge is 0.132 e. The maximum Gasteiger partial charge on any atom is 0.132 e. The van der Waals surface area contributed by atoms with Crippen molar-refractivity contribution in [2.24, 2.45) is 0 Å². The van der Waals surface area contributed by atoms with Gasteiger partial charge in [0.1, 0.15) is 4.21 Å². The van der Waals surface area contributed by atoms with Crippen molar-refractivity contribution in [2.45, 2.75) is 41.6 Å². The summed E-state index contributed by atoms with van der Waals surface area (Å²) in [6.07, 6.45) is 7.59. The van der Waals surface area contributed by atoms with Crippen LogP contribution >= 0.6 is 11.5 Å². The Labute approximate surface area is 84.2 Å². The second kappa shape index (κ2) is 4.28. The van der Waals surface area contributed by atoms with Gasteiger partial charge >= 0.3 is 0 Å². The van der Waals surface area contributed by atoms with Crippen molar-refractivity contribution in [1.82, 2.24) is 9.59 Å². The van der Waals surface area contributed by atoms with E-state index in [-0.39, 0.29) is 0 Å². The van der Waals surface area contributed by atoms with E-state index in [1.165, 1.54) is 30.8 Å². The van der Waals surface area contributed by atoms with Crippen LogP contribution in [0, 0.1) is 0 Å². The third kappa shape index (κ3) is 2.14. The lowest BCUT2D eigenvalue weighted by atomic mass is 10.0. The Bertz CT molecular complexity index is 280. The highest BCUT2D eigenvalue weighted by molar-refractivity contribution is 7.87. The first kappa shape index (κ1) is 9.27. The maximum absolute atomic E-state index is 11.9. The molecule has 1 aromatic rings. The summed E-state index contributed by atoms with van der Waals surface area (Å²) in [6, 6.07) is 0. The van der Waals surface area contributed by atoms with Gasteiger partial charge in [-0.15, -0.1) is 5.10 Å². The molecule has 0 spiro atoms. The van der Waals surface area contributed by atoms with Crippen LogP contribution in [-0.2, 0) is 10.8 Å². The molecular weight excluding hydrogens is 204 g/mol. The standard InChI is InChI=1S/C8H12N2OS2/c11-13(8-6-9-10-12-8)7-4-2-1-3-5-7/h6-7H,1-5H2/t13-/m1/s1. The van der Waals surface area contributed by atoms with Crippen molar-refractivity contribution in [1.29, 1.82) is 0 Å². The van der Waals surface area contributed by atoms with Gasteiger partial charge in [0.15, 0.2) is 0 Å². The van der Waals surface area contributed by atoms with E-state index in [2.05, 4.69) is 9.59 Å². The molecule has 1 aliphatic rings. The Hall–Kier alpha value is -0.290. The van der Waals surface area contributed by atoms with Gasteiger partial charge < -0.3 is 0 Å². The molecule has 0 bridgehead atoms. The molecule has 13 heavy (non-hydrogen) atoms. The quantitative estimate of drug-likeness (QED) is 0.759. The van der Waals surface area contributed by atoms with Crippen molar-refractivity contribution in [3.63, 3.8) is 0 Å². The van der Waals surface area contributed by atoms with Crippen molar-refractivity contribution >= 4 is 22.3 Å². The van der Waals surface area contributed by atoms with Gasteiger partial charge in [0.2, 0.25) is 0 Å². The molecule has 1 atom stereocenters. The Morgan fingerprint density at radius 3 is 2.77 bits per heavy atom. The molecule has 72 valence electrons. The molecule has 0 saturated heterocycles. The molecule has 0 aliphatic heterocycles. The Balaban J connectivity index is 2.04. The Morgan fingerprint density at radius 1 is 1.38 bits per heavy atom. The lowest BCUT2D eigenvalue weighted by Gasteiger charge is -2.19. The molecule has 1 aromatic heterocycles. The van der Waals surface area contributed by atoms with Crippen LogP contribution in [-0.4, -0.2) is 19.0 Å². The van der Waals surface area contributed by atoms with E-state index in [0.29, 0.717) is 5.25 Å². The average Bonchev–Trinajstić information content (AvgIpc) is 2.71. The third-order valence-electron chi connectivity index (χ3n) is 2.39. The number of aromatic nitrogens is 2. The molecule has 0 unspecified atom stereocenters. The van der Waals surface area contributed by atoms with E-state index in [4.69, 9.17) is 0 Å². The summed E-state index contributed by atoms with van der Waals surface area (Å²) in [5, 5.41) is 4.07. The first-order chi connectivity index (χ1) is 6.38. The molecule has 5 heteroatoms. The predicted octanol–water partition coefficient (Wildman–Crippen LogP) is 1.98. The van der Waals surface area contributed by atoms with Crippen LogP contribution < -0.4 is 0 Å². The fraction of sp³-hybridized carbons (Fsp3) is 0.750. The summed E-state index contributed by atoms with van der Waals surface area (Å²) >= 11 is 1.26. The van der Waals surface area contributed by atoms with Crippen LogP contribution in [0.15, 0.2) is 10.4 Å². The molecule has 1 saturated carbocycles. The summed E-state index contributed by atoms with van der Waals surface area (Å²) < 4.78 is 16.5. The van der Waals surface area contributed by atoms with Crippen LogP contribution in [0.1, 0.15) is 32.1 Å². The van der Waals surface area contributed by atoms with Crippen molar-refractivity contribution < 1.29 is 4.21 Å². The zero-order valence-electron chi connectivity index (χ0n) is 7.31. The molecule has 0 radical (unpaired) electrons. The fourth-order valence-electron chi connectivity index (χ4n) is 1.69. The minimum absolute atomic E-state index is 0.357. The first-order valence-electron chi connectivity index (χ1n) is 4.56. The monoisotopic (exact) mass is 216 g/mol. The summed E-state index contributed by atoms with van der Waals surface area (Å²) in [7, 11) is -0.845. The van der Waals surface area contributed by atoms with E-state index in [1.54, 1.807) is 6.20 Å². The molecule has 2 rings (SSSR count). The van der Waals surface area contributed by atoms with Gasteiger partial charge in [-0.1, -0.05) is 23.8 Å². The molecule has 0 N–H and O–H groups in total. The summed E-state index contributed by atoms with van der Waals surface area (Å²) in [5.41, 5.74) is 0. The zero-order chi connectivity index (χ0) is 9.10. The number of hydrogen-bond donors (Lipinski definition) is 0. The molecular formula is C8H12N2OS2. The van der Waals surface area contributed by atoms with E-state index < -0.39 is 10.8 Å². The van der Waals surface area contributed by atoms with Crippen molar-refractivity contribution in [3.05, 3.63) is 6.20 Å². The van der Waals surface area contributed by atoms with Gasteiger partial charge in [-0.2, -0.15) is 0 Å². The second-order valence-electron chi connectivity index (χ2n) is 3.29. The van der Waals surface area contributed by atoms with Gasteiger partial charge in [-0.05, 0) is 24.4 Å². The van der Waals surface area contributed by atoms with Gasteiger partial charge in [-0.25, -0.2) is 0 Å². The topological polar surface area (TPSA) is 42.9 Å². The van der Waals surface area contributed by atoms with Crippen LogP contribution in [0.25, 0.3) is 0 Å². The predicted molar refractivity (Wildman–Crippen MR) is 53.2 cm³/mol. The highest BCUT2D eigenvalue weighted by atomic mass is 32.2. The average molecular weight is 216 g/mol. The largest absolute Gasteiger partial charge is 0.253 e. The van der Waals surface area contributed by atoms with Crippen molar-refractivity contribution in [2.75, 3.05) is 0 Å². The SMILES string of the molecule is O=[S@@](c1cnns1)C1CCCCC1. The van der Waals surface area contributed by atoms with Gasteiger partial charge in [0.25, 0.3) is 0 Å². The first-order valence-corrected chi connectivity index (χ1v) is 6.54. The highest BCUT2D eigenvalue weighted by Gasteiger charge is 2.22. The number of hydrogen-bond acceptors (Lipinski definition) is 4. The van der Waals surface area contributed by atoms with Crippen LogP contribution in [0.5, 0.6) is 0 Å². The van der Waals surface area contributed by atoms with E-state index in [1.807, 2.05) is 0 Å². The number of rotatable bonds is 2. The fourth-order valence-corrected chi connectivity index (χ4v) is 4.00. The Kier molecular flexibility index (Phi) is 3.05. The summed E-state index contributed by atoms with van der Waals surface area (Å²) in [5.74, 6) is 0. The van der Waals surface area contributed by atoms with Gasteiger partial charge in [-0.3, -0.25) is 4.21 Å². The minimum atomic E-state index is -0.845. The lowest BCUT2D eigenvalue weighted by Crippen LogP contribution is -2.17. The third-order valence-corrected chi connectivity index (χ3v) is 5.15. The molecule has 1 fully saturated rings. The number of nitrogens with zero attached hydrogens (tertiary/aromatic N) is 2. The normalized spacial score (nSPS) is 21.5. The lowest BCUT2D eigenvalue weighted by molar-refractivity contribution is 0.505.